The van der Waals surface area contributed by atoms with E-state index in [1.807, 2.05) is 53.8 Å². The number of amides is 1. The van der Waals surface area contributed by atoms with Crippen molar-refractivity contribution in [2.45, 2.75) is 40.0 Å². The van der Waals surface area contributed by atoms with Gasteiger partial charge in [0, 0.05) is 28.9 Å². The molecule has 36 heavy (non-hydrogen) atoms. The van der Waals surface area contributed by atoms with Crippen LogP contribution in [0.15, 0.2) is 60.7 Å². The van der Waals surface area contributed by atoms with E-state index in [-0.39, 0.29) is 5.56 Å². The maximum Gasteiger partial charge on any atom is 0.416 e. The molecule has 1 aliphatic heterocycles. The monoisotopic (exact) mass is 490 g/mol. The number of carbonyl (C=O) groups is 1. The van der Waals surface area contributed by atoms with Crippen molar-refractivity contribution >= 4 is 11.6 Å². The van der Waals surface area contributed by atoms with E-state index in [2.05, 4.69) is 0 Å². The minimum atomic E-state index is -4.42. The number of benzene rings is 3. The van der Waals surface area contributed by atoms with Crippen molar-refractivity contribution < 1.29 is 18.0 Å². The van der Waals surface area contributed by atoms with Crippen molar-refractivity contribution in [1.82, 2.24) is 9.78 Å². The summed E-state index contributed by atoms with van der Waals surface area (Å²) in [5.41, 5.74) is 12.4. The SMILES string of the molecule is Cc1ccc(N2Cc3nn(-c4c(C)cccc4C)c(-c4ccc(C(N)=O)cc4)c3C2)cc1C(F)(F)F. The molecule has 2 N–H and O–H groups in total. The van der Waals surface area contributed by atoms with Crippen molar-refractivity contribution in [2.24, 2.45) is 5.73 Å². The topological polar surface area (TPSA) is 64.2 Å². The van der Waals surface area contributed by atoms with Crippen LogP contribution in [0.25, 0.3) is 16.9 Å². The Balaban J connectivity index is 1.63. The second-order valence-electron chi connectivity index (χ2n) is 9.22. The molecule has 0 unspecified atom stereocenters. The normalized spacial score (nSPS) is 13.2. The van der Waals surface area contributed by atoms with E-state index >= 15 is 0 Å². The highest BCUT2D eigenvalue weighted by Gasteiger charge is 2.34. The van der Waals surface area contributed by atoms with E-state index in [4.69, 9.17) is 10.8 Å². The molecule has 0 fully saturated rings. The zero-order valence-electron chi connectivity index (χ0n) is 20.1. The number of hydrogen-bond acceptors (Lipinski definition) is 3. The lowest BCUT2D eigenvalue weighted by molar-refractivity contribution is -0.138. The van der Waals surface area contributed by atoms with E-state index in [0.29, 0.717) is 24.3 Å². The fourth-order valence-corrected chi connectivity index (χ4v) is 4.90. The quantitative estimate of drug-likeness (QED) is 0.376. The molecule has 8 heteroatoms. The molecule has 2 heterocycles. The molecule has 3 aromatic carbocycles. The van der Waals surface area contributed by atoms with E-state index < -0.39 is 17.6 Å². The maximum absolute atomic E-state index is 13.5. The van der Waals surface area contributed by atoms with Gasteiger partial charge >= 0.3 is 6.18 Å². The summed E-state index contributed by atoms with van der Waals surface area (Å²) in [6.45, 7) is 6.31. The predicted molar refractivity (Wildman–Crippen MR) is 133 cm³/mol. The van der Waals surface area contributed by atoms with Crippen LogP contribution in [0.2, 0.25) is 0 Å². The van der Waals surface area contributed by atoms with Gasteiger partial charge in [0.2, 0.25) is 5.91 Å². The molecule has 0 aliphatic carbocycles. The van der Waals surface area contributed by atoms with Gasteiger partial charge < -0.3 is 10.6 Å². The molecule has 1 amide bonds. The number of rotatable bonds is 4. The van der Waals surface area contributed by atoms with Gasteiger partial charge in [0.1, 0.15) is 0 Å². The van der Waals surface area contributed by atoms with Gasteiger partial charge in [-0.1, -0.05) is 36.4 Å². The summed E-state index contributed by atoms with van der Waals surface area (Å²) in [6, 6.07) is 17.5. The van der Waals surface area contributed by atoms with Crippen LogP contribution >= 0.6 is 0 Å². The molecular formula is C28H25F3N4O. The van der Waals surface area contributed by atoms with Crippen molar-refractivity contribution in [3.05, 3.63) is 99.7 Å². The molecule has 0 saturated heterocycles. The second-order valence-corrected chi connectivity index (χ2v) is 9.22. The van der Waals surface area contributed by atoms with Crippen LogP contribution in [-0.2, 0) is 19.3 Å². The Morgan fingerprint density at radius 3 is 2.19 bits per heavy atom. The highest BCUT2D eigenvalue weighted by atomic mass is 19.4. The summed E-state index contributed by atoms with van der Waals surface area (Å²) < 4.78 is 42.5. The first-order chi connectivity index (χ1) is 17.0. The Kier molecular flexibility index (Phi) is 5.62. The summed E-state index contributed by atoms with van der Waals surface area (Å²) >= 11 is 0. The van der Waals surface area contributed by atoms with Gasteiger partial charge in [-0.15, -0.1) is 0 Å². The van der Waals surface area contributed by atoms with Gasteiger partial charge in [0.15, 0.2) is 0 Å². The van der Waals surface area contributed by atoms with E-state index in [1.165, 1.54) is 19.1 Å². The van der Waals surface area contributed by atoms with Gasteiger partial charge in [-0.3, -0.25) is 4.79 Å². The summed E-state index contributed by atoms with van der Waals surface area (Å²) in [5, 5.41) is 4.94. The fourth-order valence-electron chi connectivity index (χ4n) is 4.90. The van der Waals surface area contributed by atoms with Crippen LogP contribution in [0.3, 0.4) is 0 Å². The zero-order valence-corrected chi connectivity index (χ0v) is 20.1. The highest BCUT2D eigenvalue weighted by Crippen LogP contribution is 2.40. The van der Waals surface area contributed by atoms with E-state index in [9.17, 15) is 18.0 Å². The maximum atomic E-state index is 13.5. The highest BCUT2D eigenvalue weighted by molar-refractivity contribution is 5.93. The first-order valence-corrected chi connectivity index (χ1v) is 11.5. The Morgan fingerprint density at radius 1 is 0.917 bits per heavy atom. The number of para-hydroxylation sites is 1. The molecule has 4 aromatic rings. The molecule has 1 aromatic heterocycles. The van der Waals surface area contributed by atoms with Crippen molar-refractivity contribution in [3.63, 3.8) is 0 Å². The number of primary amides is 1. The van der Waals surface area contributed by atoms with Gasteiger partial charge in [-0.2, -0.15) is 18.3 Å². The third-order valence-corrected chi connectivity index (χ3v) is 6.74. The van der Waals surface area contributed by atoms with Crippen molar-refractivity contribution in [2.75, 3.05) is 4.90 Å². The van der Waals surface area contributed by atoms with Gasteiger partial charge in [-0.25, -0.2) is 4.68 Å². The Bertz CT molecular complexity index is 1470. The van der Waals surface area contributed by atoms with E-state index in [1.54, 1.807) is 18.2 Å². The first kappa shape index (κ1) is 23.7. The molecule has 0 spiro atoms. The van der Waals surface area contributed by atoms with Crippen molar-refractivity contribution in [1.29, 1.82) is 0 Å². The molecule has 0 atom stereocenters. The molecule has 5 rings (SSSR count). The lowest BCUT2D eigenvalue weighted by Crippen LogP contribution is -2.18. The summed E-state index contributed by atoms with van der Waals surface area (Å²) in [7, 11) is 0. The van der Waals surface area contributed by atoms with Gasteiger partial charge in [-0.05, 0) is 61.7 Å². The average molecular weight is 491 g/mol. The summed E-state index contributed by atoms with van der Waals surface area (Å²) in [4.78, 5) is 13.5. The standard InChI is InChI=1S/C28H25F3N4O/c1-16-7-12-21(13-23(16)28(29,30)31)34-14-22-24(15-34)33-35(25-17(2)5-4-6-18(25)3)26(22)19-8-10-20(11-9-19)27(32)36/h4-13H,14-15H2,1-3H3,(H2,32,36). The number of halogens is 3. The number of aryl methyl sites for hydroxylation is 3. The number of nitrogens with zero attached hydrogens (tertiary/aromatic N) is 3. The third-order valence-electron chi connectivity index (χ3n) is 6.74. The molecule has 0 bridgehead atoms. The Labute approximate surface area is 207 Å². The van der Waals surface area contributed by atoms with Crippen LogP contribution in [0.1, 0.15) is 43.9 Å². The number of nitrogens with two attached hydrogens (primary N) is 1. The summed E-state index contributed by atoms with van der Waals surface area (Å²) in [6.07, 6.45) is -4.42. The van der Waals surface area contributed by atoms with Crippen molar-refractivity contribution in [3.8, 4) is 16.9 Å². The number of carbonyl (C=O) groups excluding carboxylic acids is 1. The smallest absolute Gasteiger partial charge is 0.366 e. The number of anilines is 1. The van der Waals surface area contributed by atoms with Gasteiger partial charge in [0.05, 0.1) is 29.2 Å². The molecule has 1 aliphatic rings. The lowest BCUT2D eigenvalue weighted by atomic mass is 10.0. The number of alkyl halides is 3. The molecule has 184 valence electrons. The van der Waals surface area contributed by atoms with Crippen LogP contribution in [0.4, 0.5) is 18.9 Å². The minimum absolute atomic E-state index is 0.193. The first-order valence-electron chi connectivity index (χ1n) is 11.5. The van der Waals surface area contributed by atoms with E-state index in [0.717, 1.165) is 39.3 Å². The van der Waals surface area contributed by atoms with Crippen LogP contribution in [-0.4, -0.2) is 15.7 Å². The second kappa shape index (κ2) is 8.55. The zero-order chi connectivity index (χ0) is 25.8. The number of aromatic nitrogens is 2. The third kappa shape index (κ3) is 4.02. The fraction of sp³-hybridized carbons (Fsp3) is 0.214. The van der Waals surface area contributed by atoms with Crippen LogP contribution in [0.5, 0.6) is 0 Å². The van der Waals surface area contributed by atoms with Gasteiger partial charge in [0.25, 0.3) is 0 Å². The molecule has 0 radical (unpaired) electrons. The van der Waals surface area contributed by atoms with Crippen LogP contribution < -0.4 is 10.6 Å². The average Bonchev–Trinajstić information content (AvgIpc) is 3.37. The predicted octanol–water partition coefficient (Wildman–Crippen LogP) is 6.10. The molecular weight excluding hydrogens is 465 g/mol. The summed E-state index contributed by atoms with van der Waals surface area (Å²) in [5.74, 6) is -0.513. The largest absolute Gasteiger partial charge is 0.416 e. The minimum Gasteiger partial charge on any atom is -0.366 e. The molecule has 0 saturated carbocycles. The number of fused-ring (bicyclic) bond motifs is 1. The Hall–Kier alpha value is -4.07. The number of hydrogen-bond donors (Lipinski definition) is 1. The lowest BCUT2D eigenvalue weighted by Gasteiger charge is -2.22. The van der Waals surface area contributed by atoms with Crippen LogP contribution in [0, 0.1) is 20.8 Å². The Morgan fingerprint density at radius 2 is 1.58 bits per heavy atom. The molecule has 5 nitrogen and oxygen atoms in total.